The van der Waals surface area contributed by atoms with Crippen molar-refractivity contribution in [2.24, 2.45) is 0 Å². The van der Waals surface area contributed by atoms with Crippen LogP contribution in [0.3, 0.4) is 0 Å². The van der Waals surface area contributed by atoms with E-state index in [1.54, 1.807) is 25.2 Å². The summed E-state index contributed by atoms with van der Waals surface area (Å²) in [6.45, 7) is 7.09. The van der Waals surface area contributed by atoms with Gasteiger partial charge >= 0.3 is 12.0 Å². The molecule has 1 aromatic carbocycles. The van der Waals surface area contributed by atoms with E-state index in [2.05, 4.69) is 4.90 Å². The number of hydrogen-bond donors (Lipinski definition) is 0. The number of urea groups is 1. The second kappa shape index (κ2) is 12.8. The number of rotatable bonds is 13. The summed E-state index contributed by atoms with van der Waals surface area (Å²) in [4.78, 5) is 42.9. The number of cyclic esters (lactones) is 1. The molecular weight excluding hydrogens is 486 g/mol. The monoisotopic (exact) mass is 529 g/mol. The number of nitrogens with zero attached hydrogens (tertiary/aromatic N) is 3. The molecule has 1 atom stereocenters. The van der Waals surface area contributed by atoms with E-state index in [-0.39, 0.29) is 42.6 Å². The Kier molecular flexibility index (Phi) is 9.52. The Labute approximate surface area is 226 Å². The standard InChI is InChI=1S/C29H43N3O6/c1-20(2)32-26(33)19-31(29(32)35)21-12-15-30(16-13-21)14-10-8-6-5-7-9-11-24-23-17-22(36-3)18-25(37-4)27(23)28(34)38-24/h17-18,20-21,24H,5-16,19H2,1-4H3/t24-/m1/s1. The number of hydrogen-bond acceptors (Lipinski definition) is 7. The van der Waals surface area contributed by atoms with Crippen molar-refractivity contribution in [1.29, 1.82) is 0 Å². The highest BCUT2D eigenvalue weighted by molar-refractivity contribution is 6.02. The molecule has 0 N–H and O–H groups in total. The van der Waals surface area contributed by atoms with Gasteiger partial charge in [-0.25, -0.2) is 9.59 Å². The highest BCUT2D eigenvalue weighted by Gasteiger charge is 2.41. The van der Waals surface area contributed by atoms with Crippen LogP contribution in [0.4, 0.5) is 4.79 Å². The number of fused-ring (bicyclic) bond motifs is 1. The Hall–Kier alpha value is -2.81. The Morgan fingerprint density at radius 1 is 0.947 bits per heavy atom. The largest absolute Gasteiger partial charge is 0.497 e. The minimum atomic E-state index is -0.313. The van der Waals surface area contributed by atoms with Crippen LogP contribution in [-0.4, -0.2) is 85.1 Å². The lowest BCUT2D eigenvalue weighted by Crippen LogP contribution is -2.47. The van der Waals surface area contributed by atoms with E-state index in [9.17, 15) is 14.4 Å². The zero-order valence-electron chi connectivity index (χ0n) is 23.4. The molecule has 4 rings (SSSR count). The second-order valence-electron chi connectivity index (χ2n) is 10.9. The SMILES string of the molecule is COc1cc(OC)c2c(c1)[C@@H](CCCCCCCCN1CCC(N3CC(=O)N(C(C)C)C3=O)CC1)OC2=O. The first-order chi connectivity index (χ1) is 18.3. The number of likely N-dealkylation sites (tertiary alicyclic amines) is 1. The van der Waals surface area contributed by atoms with Gasteiger partial charge in [-0.05, 0) is 58.6 Å². The lowest BCUT2D eigenvalue weighted by Gasteiger charge is -2.36. The quantitative estimate of drug-likeness (QED) is 0.206. The zero-order chi connectivity index (χ0) is 27.2. The van der Waals surface area contributed by atoms with Gasteiger partial charge in [0.15, 0.2) is 0 Å². The number of piperidine rings is 1. The lowest BCUT2D eigenvalue weighted by atomic mass is 9.98. The molecule has 38 heavy (non-hydrogen) atoms. The molecule has 0 unspecified atom stereocenters. The van der Waals surface area contributed by atoms with Crippen LogP contribution in [0, 0.1) is 0 Å². The molecule has 3 amide bonds. The van der Waals surface area contributed by atoms with Crippen molar-refractivity contribution in [2.75, 3.05) is 40.4 Å². The number of benzene rings is 1. The Morgan fingerprint density at radius 3 is 2.26 bits per heavy atom. The lowest BCUT2D eigenvalue weighted by molar-refractivity contribution is -0.126. The Morgan fingerprint density at radius 2 is 1.63 bits per heavy atom. The Bertz CT molecular complexity index is 1000. The van der Waals surface area contributed by atoms with Crippen molar-refractivity contribution in [2.45, 2.75) is 89.8 Å². The van der Waals surface area contributed by atoms with Crippen LogP contribution in [0.5, 0.6) is 11.5 Å². The van der Waals surface area contributed by atoms with Gasteiger partial charge < -0.3 is 24.0 Å². The molecule has 3 aliphatic heterocycles. The summed E-state index contributed by atoms with van der Waals surface area (Å²) >= 11 is 0. The summed E-state index contributed by atoms with van der Waals surface area (Å²) in [5.41, 5.74) is 1.40. The number of amides is 3. The molecule has 3 heterocycles. The van der Waals surface area contributed by atoms with Crippen molar-refractivity contribution in [1.82, 2.24) is 14.7 Å². The van der Waals surface area contributed by atoms with Crippen LogP contribution in [-0.2, 0) is 9.53 Å². The minimum Gasteiger partial charge on any atom is -0.497 e. The number of imide groups is 1. The third-order valence-electron chi connectivity index (χ3n) is 8.09. The van der Waals surface area contributed by atoms with Crippen molar-refractivity contribution in [3.8, 4) is 11.5 Å². The number of carbonyl (C=O) groups is 3. The van der Waals surface area contributed by atoms with Crippen molar-refractivity contribution in [3.05, 3.63) is 23.3 Å². The molecule has 1 aromatic rings. The van der Waals surface area contributed by atoms with E-state index in [1.165, 1.54) is 30.6 Å². The van der Waals surface area contributed by atoms with Gasteiger partial charge in [-0.2, -0.15) is 0 Å². The fraction of sp³-hybridized carbons (Fsp3) is 0.690. The molecule has 2 fully saturated rings. The topological polar surface area (TPSA) is 88.6 Å². The maximum atomic E-state index is 12.6. The number of methoxy groups -OCH3 is 2. The number of esters is 1. The molecule has 210 valence electrons. The average Bonchev–Trinajstić information content (AvgIpc) is 3.39. The van der Waals surface area contributed by atoms with Crippen LogP contribution < -0.4 is 9.47 Å². The van der Waals surface area contributed by atoms with Gasteiger partial charge in [0.05, 0.1) is 14.2 Å². The molecule has 0 aromatic heterocycles. The molecule has 9 heteroatoms. The highest BCUT2D eigenvalue weighted by atomic mass is 16.6. The van der Waals surface area contributed by atoms with Crippen molar-refractivity contribution >= 4 is 17.9 Å². The van der Waals surface area contributed by atoms with Gasteiger partial charge in [0.2, 0.25) is 0 Å². The molecule has 0 spiro atoms. The molecule has 3 aliphatic rings. The van der Waals surface area contributed by atoms with E-state index in [0.717, 1.165) is 57.3 Å². The van der Waals surface area contributed by atoms with Gasteiger partial charge in [-0.15, -0.1) is 0 Å². The fourth-order valence-corrected chi connectivity index (χ4v) is 5.98. The van der Waals surface area contributed by atoms with Gasteiger partial charge in [0, 0.05) is 36.8 Å². The molecule has 0 radical (unpaired) electrons. The molecule has 2 saturated heterocycles. The van der Waals surface area contributed by atoms with E-state index >= 15 is 0 Å². The molecule has 9 nitrogen and oxygen atoms in total. The van der Waals surface area contributed by atoms with Crippen LogP contribution in [0.25, 0.3) is 0 Å². The number of ether oxygens (including phenoxy) is 3. The molecular formula is C29H43N3O6. The third kappa shape index (κ3) is 6.25. The summed E-state index contributed by atoms with van der Waals surface area (Å²) in [5, 5.41) is 0. The summed E-state index contributed by atoms with van der Waals surface area (Å²) < 4.78 is 16.4. The summed E-state index contributed by atoms with van der Waals surface area (Å²) in [7, 11) is 3.16. The number of unbranched alkanes of at least 4 members (excludes halogenated alkanes) is 5. The Balaban J connectivity index is 1.08. The fourth-order valence-electron chi connectivity index (χ4n) is 5.98. The van der Waals surface area contributed by atoms with Gasteiger partial charge in [0.25, 0.3) is 5.91 Å². The summed E-state index contributed by atoms with van der Waals surface area (Å²) in [5.74, 6) is 0.799. The molecule has 0 bridgehead atoms. The van der Waals surface area contributed by atoms with Crippen LogP contribution in [0.1, 0.15) is 93.7 Å². The summed E-state index contributed by atoms with van der Waals surface area (Å²) in [6.07, 6.45) is 9.36. The first-order valence-electron chi connectivity index (χ1n) is 14.2. The zero-order valence-corrected chi connectivity index (χ0v) is 23.4. The molecule has 0 saturated carbocycles. The predicted molar refractivity (Wildman–Crippen MR) is 144 cm³/mol. The second-order valence-corrected chi connectivity index (χ2v) is 10.9. The highest BCUT2D eigenvalue weighted by Crippen LogP contribution is 2.41. The van der Waals surface area contributed by atoms with E-state index < -0.39 is 0 Å². The maximum Gasteiger partial charge on any atom is 0.342 e. The third-order valence-corrected chi connectivity index (χ3v) is 8.09. The number of carbonyl (C=O) groups excluding carboxylic acids is 3. The normalized spacial score (nSPS) is 20.4. The van der Waals surface area contributed by atoms with Crippen molar-refractivity contribution < 1.29 is 28.6 Å². The molecule has 0 aliphatic carbocycles. The van der Waals surface area contributed by atoms with E-state index in [4.69, 9.17) is 14.2 Å². The van der Waals surface area contributed by atoms with E-state index in [1.807, 2.05) is 19.9 Å². The van der Waals surface area contributed by atoms with Crippen LogP contribution >= 0.6 is 0 Å². The first-order valence-corrected chi connectivity index (χ1v) is 14.2. The first kappa shape index (κ1) is 28.2. The summed E-state index contributed by atoms with van der Waals surface area (Å²) in [6, 6.07) is 3.60. The van der Waals surface area contributed by atoms with Crippen LogP contribution in [0.2, 0.25) is 0 Å². The smallest absolute Gasteiger partial charge is 0.342 e. The van der Waals surface area contributed by atoms with E-state index in [0.29, 0.717) is 17.1 Å². The average molecular weight is 530 g/mol. The van der Waals surface area contributed by atoms with Crippen molar-refractivity contribution in [3.63, 3.8) is 0 Å². The van der Waals surface area contributed by atoms with Gasteiger partial charge in [0.1, 0.15) is 29.7 Å². The predicted octanol–water partition coefficient (Wildman–Crippen LogP) is 4.78. The van der Waals surface area contributed by atoms with Crippen LogP contribution in [0.15, 0.2) is 12.1 Å². The van der Waals surface area contributed by atoms with Gasteiger partial charge in [-0.1, -0.05) is 25.7 Å². The maximum absolute atomic E-state index is 12.6. The minimum absolute atomic E-state index is 0.0676. The van der Waals surface area contributed by atoms with Gasteiger partial charge in [-0.3, -0.25) is 9.69 Å².